The molecule has 0 spiro atoms. The van der Waals surface area contributed by atoms with Crippen molar-refractivity contribution in [2.75, 3.05) is 19.0 Å². The van der Waals surface area contributed by atoms with E-state index in [1.807, 2.05) is 32.9 Å². The number of carbonyl (C=O) groups excluding carboxylic acids is 1. The van der Waals surface area contributed by atoms with Crippen LogP contribution in [0.5, 0.6) is 5.75 Å². The number of aryl methyl sites for hydroxylation is 4. The zero-order chi connectivity index (χ0) is 21.3. The smallest absolute Gasteiger partial charge is 0.244 e. The number of anilines is 1. The van der Waals surface area contributed by atoms with Crippen LogP contribution in [0, 0.1) is 27.7 Å². The fourth-order valence-corrected chi connectivity index (χ4v) is 5.88. The normalized spacial score (nSPS) is 17.3. The predicted octanol–water partition coefficient (Wildman–Crippen LogP) is 3.72. The number of sulfonamides is 1. The molecule has 1 aliphatic rings. The Morgan fingerprint density at radius 1 is 1.07 bits per heavy atom. The first-order chi connectivity index (χ1) is 13.6. The predicted molar refractivity (Wildman–Crippen MR) is 114 cm³/mol. The molecule has 1 saturated heterocycles. The van der Waals surface area contributed by atoms with Gasteiger partial charge in [0.25, 0.3) is 0 Å². The van der Waals surface area contributed by atoms with Gasteiger partial charge < -0.3 is 10.1 Å². The van der Waals surface area contributed by atoms with Gasteiger partial charge in [-0.15, -0.1) is 0 Å². The van der Waals surface area contributed by atoms with Crippen LogP contribution in [0.15, 0.2) is 35.2 Å². The number of amides is 1. The lowest BCUT2D eigenvalue weighted by molar-refractivity contribution is -0.119. The largest absolute Gasteiger partial charge is 0.497 e. The highest BCUT2D eigenvalue weighted by Crippen LogP contribution is 2.31. The number of hydrogen-bond donors (Lipinski definition) is 1. The average molecular weight is 417 g/mol. The second-order valence-electron chi connectivity index (χ2n) is 7.67. The SMILES string of the molecule is COc1ccc(C)c(S(=O)(=O)N2CCCC2C(=O)Nc2c(C)cc(C)cc2C)c1. The van der Waals surface area contributed by atoms with Gasteiger partial charge in [-0.05, 0) is 63.3 Å². The molecule has 0 aliphatic carbocycles. The van der Waals surface area contributed by atoms with E-state index in [0.717, 1.165) is 22.4 Å². The first kappa shape index (κ1) is 21.3. The quantitative estimate of drug-likeness (QED) is 0.806. The van der Waals surface area contributed by atoms with E-state index in [-0.39, 0.29) is 10.8 Å². The van der Waals surface area contributed by atoms with Gasteiger partial charge in [-0.25, -0.2) is 8.42 Å². The van der Waals surface area contributed by atoms with Crippen LogP contribution in [-0.2, 0) is 14.8 Å². The van der Waals surface area contributed by atoms with Crippen molar-refractivity contribution in [2.45, 2.75) is 51.5 Å². The standard InChI is InChI=1S/C22H28N2O4S/c1-14-11-16(3)21(17(4)12-14)23-22(25)19-7-6-10-24(19)29(26,27)20-13-18(28-5)9-8-15(20)2/h8-9,11-13,19H,6-7,10H2,1-5H3,(H,23,25). The molecule has 1 fully saturated rings. The molecule has 0 aromatic heterocycles. The maximum Gasteiger partial charge on any atom is 0.244 e. The fourth-order valence-electron chi connectivity index (χ4n) is 3.99. The maximum atomic E-state index is 13.4. The summed E-state index contributed by atoms with van der Waals surface area (Å²) in [6, 6.07) is 8.25. The molecule has 156 valence electrons. The summed E-state index contributed by atoms with van der Waals surface area (Å²) < 4.78 is 33.2. The van der Waals surface area contributed by atoms with E-state index in [2.05, 4.69) is 5.32 Å². The van der Waals surface area contributed by atoms with Gasteiger partial charge in [0.1, 0.15) is 11.8 Å². The van der Waals surface area contributed by atoms with Crippen LogP contribution in [0.4, 0.5) is 5.69 Å². The van der Waals surface area contributed by atoms with Gasteiger partial charge in [0.05, 0.1) is 12.0 Å². The van der Waals surface area contributed by atoms with E-state index in [0.29, 0.717) is 30.7 Å². The van der Waals surface area contributed by atoms with Crippen molar-refractivity contribution in [2.24, 2.45) is 0 Å². The number of rotatable bonds is 5. The summed E-state index contributed by atoms with van der Waals surface area (Å²) in [5, 5.41) is 2.97. The zero-order valence-corrected chi connectivity index (χ0v) is 18.4. The highest BCUT2D eigenvalue weighted by molar-refractivity contribution is 7.89. The summed E-state index contributed by atoms with van der Waals surface area (Å²) >= 11 is 0. The van der Waals surface area contributed by atoms with Crippen molar-refractivity contribution >= 4 is 21.6 Å². The zero-order valence-electron chi connectivity index (χ0n) is 17.6. The number of methoxy groups -OCH3 is 1. The maximum absolute atomic E-state index is 13.4. The number of benzene rings is 2. The number of hydrogen-bond acceptors (Lipinski definition) is 4. The van der Waals surface area contributed by atoms with E-state index in [9.17, 15) is 13.2 Å². The van der Waals surface area contributed by atoms with E-state index in [1.54, 1.807) is 19.1 Å². The van der Waals surface area contributed by atoms with E-state index < -0.39 is 16.1 Å². The Morgan fingerprint density at radius 2 is 1.72 bits per heavy atom. The second kappa shape index (κ2) is 8.16. The molecule has 1 amide bonds. The van der Waals surface area contributed by atoms with E-state index in [1.165, 1.54) is 17.5 Å². The Kier molecular flexibility index (Phi) is 6.00. The summed E-state index contributed by atoms with van der Waals surface area (Å²) in [5.41, 5.74) is 4.43. The minimum absolute atomic E-state index is 0.180. The molecule has 6 nitrogen and oxygen atoms in total. The van der Waals surface area contributed by atoms with Crippen LogP contribution >= 0.6 is 0 Å². The minimum Gasteiger partial charge on any atom is -0.497 e. The molecule has 7 heteroatoms. The van der Waals surface area contributed by atoms with Crippen molar-refractivity contribution in [3.63, 3.8) is 0 Å². The van der Waals surface area contributed by atoms with Crippen molar-refractivity contribution in [3.05, 3.63) is 52.6 Å². The molecular weight excluding hydrogens is 388 g/mol. The molecule has 1 aliphatic heterocycles. The third-order valence-corrected chi connectivity index (χ3v) is 7.46. The second-order valence-corrected chi connectivity index (χ2v) is 9.53. The van der Waals surface area contributed by atoms with Gasteiger partial charge in [-0.2, -0.15) is 4.31 Å². The van der Waals surface area contributed by atoms with Gasteiger partial charge in [0.15, 0.2) is 0 Å². The molecule has 0 saturated carbocycles. The number of nitrogens with one attached hydrogen (secondary N) is 1. The monoisotopic (exact) mass is 416 g/mol. The first-order valence-corrected chi connectivity index (χ1v) is 11.1. The molecule has 0 bridgehead atoms. The Hall–Kier alpha value is -2.38. The van der Waals surface area contributed by atoms with Crippen molar-refractivity contribution in [1.82, 2.24) is 4.31 Å². The molecule has 3 rings (SSSR count). The Labute approximate surface area is 172 Å². The summed E-state index contributed by atoms with van der Waals surface area (Å²) in [4.78, 5) is 13.2. The minimum atomic E-state index is -3.82. The van der Waals surface area contributed by atoms with Crippen LogP contribution < -0.4 is 10.1 Å². The molecular formula is C22H28N2O4S. The first-order valence-electron chi connectivity index (χ1n) is 9.70. The van der Waals surface area contributed by atoms with Crippen LogP contribution in [0.2, 0.25) is 0 Å². The molecule has 29 heavy (non-hydrogen) atoms. The molecule has 1 atom stereocenters. The number of ether oxygens (including phenoxy) is 1. The fraction of sp³-hybridized carbons (Fsp3) is 0.409. The number of nitrogens with zero attached hydrogens (tertiary/aromatic N) is 1. The van der Waals surface area contributed by atoms with Gasteiger partial charge in [-0.1, -0.05) is 23.8 Å². The lowest BCUT2D eigenvalue weighted by Gasteiger charge is -2.25. The summed E-state index contributed by atoms with van der Waals surface area (Å²) in [6.07, 6.45) is 1.14. The van der Waals surface area contributed by atoms with E-state index in [4.69, 9.17) is 4.74 Å². The number of carbonyl (C=O) groups is 1. The average Bonchev–Trinajstić information content (AvgIpc) is 3.15. The molecule has 2 aromatic rings. The Morgan fingerprint density at radius 3 is 2.34 bits per heavy atom. The summed E-state index contributed by atoms with van der Waals surface area (Å²) in [5.74, 6) is 0.182. The van der Waals surface area contributed by atoms with Gasteiger partial charge in [0.2, 0.25) is 15.9 Å². The summed E-state index contributed by atoms with van der Waals surface area (Å²) in [6.45, 7) is 7.96. The van der Waals surface area contributed by atoms with Crippen molar-refractivity contribution in [1.29, 1.82) is 0 Å². The van der Waals surface area contributed by atoms with E-state index >= 15 is 0 Å². The lowest BCUT2D eigenvalue weighted by atomic mass is 10.0. The summed E-state index contributed by atoms with van der Waals surface area (Å²) in [7, 11) is -2.32. The molecule has 0 radical (unpaired) electrons. The van der Waals surface area contributed by atoms with Crippen LogP contribution in [0.25, 0.3) is 0 Å². The van der Waals surface area contributed by atoms with Crippen LogP contribution in [0.1, 0.15) is 35.1 Å². The molecule has 1 heterocycles. The molecule has 1 unspecified atom stereocenters. The molecule has 1 N–H and O–H groups in total. The highest BCUT2D eigenvalue weighted by Gasteiger charge is 2.40. The topological polar surface area (TPSA) is 75.7 Å². The third kappa shape index (κ3) is 4.16. The van der Waals surface area contributed by atoms with Crippen LogP contribution in [0.3, 0.4) is 0 Å². The molecule has 2 aromatic carbocycles. The Bertz CT molecular complexity index is 1020. The van der Waals surface area contributed by atoms with Crippen molar-refractivity contribution in [3.8, 4) is 5.75 Å². The third-order valence-electron chi connectivity index (χ3n) is 5.41. The van der Waals surface area contributed by atoms with Crippen molar-refractivity contribution < 1.29 is 17.9 Å². The van der Waals surface area contributed by atoms with Gasteiger partial charge in [0, 0.05) is 18.3 Å². The Balaban J connectivity index is 1.91. The highest BCUT2D eigenvalue weighted by atomic mass is 32.2. The van der Waals surface area contributed by atoms with Crippen LogP contribution in [-0.4, -0.2) is 38.3 Å². The van der Waals surface area contributed by atoms with Gasteiger partial charge >= 0.3 is 0 Å². The lowest BCUT2D eigenvalue weighted by Crippen LogP contribution is -2.43. The van der Waals surface area contributed by atoms with Gasteiger partial charge in [-0.3, -0.25) is 4.79 Å².